The second-order valence-corrected chi connectivity index (χ2v) is 7.50. The molecule has 0 bridgehead atoms. The molecule has 0 aromatic heterocycles. The molecule has 1 atom stereocenters. The lowest BCUT2D eigenvalue weighted by Gasteiger charge is -2.29. The molecular weight excluding hydrogens is 350 g/mol. The summed E-state index contributed by atoms with van der Waals surface area (Å²) in [5.41, 5.74) is -0.0183. The van der Waals surface area contributed by atoms with Crippen LogP contribution >= 0.6 is 0 Å². The molecule has 0 fully saturated rings. The van der Waals surface area contributed by atoms with Gasteiger partial charge in [0, 0.05) is 23.1 Å². The Morgan fingerprint density at radius 1 is 0.929 bits per heavy atom. The first-order chi connectivity index (χ1) is 13.6. The first kappa shape index (κ1) is 22.2. The fourth-order valence-corrected chi connectivity index (χ4v) is 3.26. The van der Waals surface area contributed by atoms with E-state index < -0.39 is 5.60 Å². The Bertz CT molecular complexity index is 759. The molecule has 0 aliphatic rings. The molecule has 0 saturated heterocycles. The zero-order valence-electron chi connectivity index (χ0n) is 17.8. The number of unbranched alkanes of at least 4 members (excludes halogenated alkanes) is 2. The molecule has 0 aliphatic heterocycles. The summed E-state index contributed by atoms with van der Waals surface area (Å²) in [4.78, 5) is 13.2. The molecule has 2 aromatic rings. The highest BCUT2D eigenvalue weighted by Crippen LogP contribution is 2.33. The third-order valence-corrected chi connectivity index (χ3v) is 4.96. The van der Waals surface area contributed by atoms with Gasteiger partial charge in [-0.05, 0) is 38.3 Å². The number of hydrogen-bond donors (Lipinski definition) is 1. The number of carbonyl (C=O) groups excluding carboxylic acids is 1. The topological polar surface area (TPSA) is 47.6 Å². The Morgan fingerprint density at radius 2 is 1.64 bits per heavy atom. The molecule has 0 saturated carbocycles. The molecule has 0 heterocycles. The summed E-state index contributed by atoms with van der Waals surface area (Å²) in [7, 11) is 0. The van der Waals surface area contributed by atoms with Crippen molar-refractivity contribution in [3.8, 4) is 5.75 Å². The van der Waals surface area contributed by atoms with E-state index in [1.807, 2.05) is 43.3 Å². The summed E-state index contributed by atoms with van der Waals surface area (Å²) in [6.45, 7) is 9.49. The second-order valence-electron chi connectivity index (χ2n) is 7.50. The predicted molar refractivity (Wildman–Crippen MR) is 117 cm³/mol. The standard InChI is InChI=1S/C24H35NO3/c1-5-8-11-16-24(4,28-18-7-3)23(26)25-21-14-15-22(27-17-6-2)20-13-10-9-12-19(20)21/h9-10,12-15H,5-8,11,16-18H2,1-4H3,(H,25,26)/t24-/m1/s1. The minimum absolute atomic E-state index is 0.0792. The van der Waals surface area contributed by atoms with Gasteiger partial charge >= 0.3 is 0 Å². The number of amides is 1. The number of carbonyl (C=O) groups is 1. The average molecular weight is 386 g/mol. The highest BCUT2D eigenvalue weighted by molar-refractivity contribution is 6.06. The van der Waals surface area contributed by atoms with Gasteiger partial charge in [0.15, 0.2) is 0 Å². The van der Waals surface area contributed by atoms with Crippen molar-refractivity contribution in [2.45, 2.75) is 71.8 Å². The molecule has 2 aromatic carbocycles. The molecule has 28 heavy (non-hydrogen) atoms. The third kappa shape index (κ3) is 5.71. The van der Waals surface area contributed by atoms with E-state index in [0.717, 1.165) is 60.7 Å². The quantitative estimate of drug-likeness (QED) is 0.434. The predicted octanol–water partition coefficient (Wildman–Crippen LogP) is 6.33. The van der Waals surface area contributed by atoms with Crippen LogP contribution in [0.25, 0.3) is 10.8 Å². The second kappa shape index (κ2) is 11.1. The van der Waals surface area contributed by atoms with Crippen LogP contribution in [0.15, 0.2) is 36.4 Å². The Morgan fingerprint density at radius 3 is 2.32 bits per heavy atom. The van der Waals surface area contributed by atoms with Crippen LogP contribution in [-0.2, 0) is 9.53 Å². The van der Waals surface area contributed by atoms with E-state index in [1.54, 1.807) is 0 Å². The maximum atomic E-state index is 13.2. The van der Waals surface area contributed by atoms with Crippen molar-refractivity contribution in [3.63, 3.8) is 0 Å². The summed E-state index contributed by atoms with van der Waals surface area (Å²) in [5, 5.41) is 5.12. The monoisotopic (exact) mass is 385 g/mol. The fraction of sp³-hybridized carbons (Fsp3) is 0.542. The van der Waals surface area contributed by atoms with Crippen LogP contribution in [0.3, 0.4) is 0 Å². The first-order valence-electron chi connectivity index (χ1n) is 10.7. The Labute approximate surface area is 169 Å². The van der Waals surface area contributed by atoms with Gasteiger partial charge in [-0.15, -0.1) is 0 Å². The van der Waals surface area contributed by atoms with E-state index in [1.165, 1.54) is 0 Å². The molecule has 0 radical (unpaired) electrons. The number of hydrogen-bond acceptors (Lipinski definition) is 3. The number of nitrogens with one attached hydrogen (secondary N) is 1. The van der Waals surface area contributed by atoms with E-state index in [2.05, 4.69) is 26.1 Å². The number of ether oxygens (including phenoxy) is 2. The van der Waals surface area contributed by atoms with Crippen molar-refractivity contribution < 1.29 is 14.3 Å². The average Bonchev–Trinajstić information content (AvgIpc) is 2.71. The molecular formula is C24H35NO3. The molecule has 4 heteroatoms. The zero-order valence-corrected chi connectivity index (χ0v) is 17.8. The Balaban J connectivity index is 2.26. The van der Waals surface area contributed by atoms with E-state index in [4.69, 9.17) is 9.47 Å². The molecule has 154 valence electrons. The first-order valence-corrected chi connectivity index (χ1v) is 10.7. The van der Waals surface area contributed by atoms with Crippen molar-refractivity contribution in [1.82, 2.24) is 0 Å². The smallest absolute Gasteiger partial charge is 0.256 e. The van der Waals surface area contributed by atoms with E-state index >= 15 is 0 Å². The van der Waals surface area contributed by atoms with Crippen LogP contribution in [-0.4, -0.2) is 24.7 Å². The molecule has 0 spiro atoms. The van der Waals surface area contributed by atoms with Crippen LogP contribution in [0.1, 0.15) is 66.2 Å². The van der Waals surface area contributed by atoms with Gasteiger partial charge in [-0.3, -0.25) is 4.79 Å². The van der Waals surface area contributed by atoms with E-state index in [0.29, 0.717) is 13.2 Å². The van der Waals surface area contributed by atoms with Crippen LogP contribution in [0.4, 0.5) is 5.69 Å². The number of anilines is 1. The van der Waals surface area contributed by atoms with Gasteiger partial charge in [-0.2, -0.15) is 0 Å². The minimum atomic E-state index is -0.816. The van der Waals surface area contributed by atoms with Crippen LogP contribution < -0.4 is 10.1 Å². The molecule has 0 aliphatic carbocycles. The maximum Gasteiger partial charge on any atom is 0.256 e. The van der Waals surface area contributed by atoms with Gasteiger partial charge in [-0.1, -0.05) is 64.3 Å². The summed E-state index contributed by atoms with van der Waals surface area (Å²) in [6.07, 6.45) is 5.78. The lowest BCUT2D eigenvalue weighted by atomic mass is 9.96. The van der Waals surface area contributed by atoms with Gasteiger partial charge in [0.25, 0.3) is 5.91 Å². The Hall–Kier alpha value is -2.07. The number of benzene rings is 2. The molecule has 4 nitrogen and oxygen atoms in total. The maximum absolute atomic E-state index is 13.2. The summed E-state index contributed by atoms with van der Waals surface area (Å²) < 4.78 is 11.9. The van der Waals surface area contributed by atoms with Crippen LogP contribution in [0.5, 0.6) is 5.75 Å². The van der Waals surface area contributed by atoms with Gasteiger partial charge in [0.05, 0.1) is 6.61 Å². The van der Waals surface area contributed by atoms with Gasteiger partial charge in [-0.25, -0.2) is 0 Å². The van der Waals surface area contributed by atoms with Crippen molar-refractivity contribution in [3.05, 3.63) is 36.4 Å². The molecule has 1 amide bonds. The normalized spacial score (nSPS) is 13.3. The molecule has 0 unspecified atom stereocenters. The van der Waals surface area contributed by atoms with Crippen molar-refractivity contribution in [2.24, 2.45) is 0 Å². The number of fused-ring (bicyclic) bond motifs is 1. The van der Waals surface area contributed by atoms with E-state index in [-0.39, 0.29) is 5.91 Å². The Kier molecular flexibility index (Phi) is 8.78. The van der Waals surface area contributed by atoms with Crippen LogP contribution in [0, 0.1) is 0 Å². The lowest BCUT2D eigenvalue weighted by Crippen LogP contribution is -2.43. The lowest BCUT2D eigenvalue weighted by molar-refractivity contribution is -0.140. The van der Waals surface area contributed by atoms with Crippen molar-refractivity contribution in [2.75, 3.05) is 18.5 Å². The van der Waals surface area contributed by atoms with Gasteiger partial charge in [0.2, 0.25) is 0 Å². The van der Waals surface area contributed by atoms with Gasteiger partial charge in [0.1, 0.15) is 11.4 Å². The fourth-order valence-electron chi connectivity index (χ4n) is 3.26. The summed E-state index contributed by atoms with van der Waals surface area (Å²) in [6, 6.07) is 11.9. The van der Waals surface area contributed by atoms with Gasteiger partial charge < -0.3 is 14.8 Å². The van der Waals surface area contributed by atoms with E-state index in [9.17, 15) is 4.79 Å². The van der Waals surface area contributed by atoms with Crippen molar-refractivity contribution in [1.29, 1.82) is 0 Å². The highest BCUT2D eigenvalue weighted by atomic mass is 16.5. The van der Waals surface area contributed by atoms with Crippen LogP contribution in [0.2, 0.25) is 0 Å². The minimum Gasteiger partial charge on any atom is -0.493 e. The highest BCUT2D eigenvalue weighted by Gasteiger charge is 2.33. The largest absolute Gasteiger partial charge is 0.493 e. The summed E-state index contributed by atoms with van der Waals surface area (Å²) >= 11 is 0. The third-order valence-electron chi connectivity index (χ3n) is 4.96. The number of rotatable bonds is 12. The zero-order chi connectivity index (χ0) is 20.4. The van der Waals surface area contributed by atoms with Crippen molar-refractivity contribution >= 4 is 22.4 Å². The molecule has 2 rings (SSSR count). The molecule has 1 N–H and O–H groups in total. The SMILES string of the molecule is CCCCC[C@@](C)(OCCC)C(=O)Nc1ccc(OCCC)c2ccccc12. The summed E-state index contributed by atoms with van der Waals surface area (Å²) in [5.74, 6) is 0.771.